The number of piperidine rings is 1. The Bertz CT molecular complexity index is 1740. The molecule has 3 aliphatic rings. The molecule has 3 heterocycles. The van der Waals surface area contributed by atoms with Crippen LogP contribution in [0.25, 0.3) is 0 Å². The molecule has 6 rings (SSSR count). The van der Waals surface area contributed by atoms with E-state index < -0.39 is 6.04 Å². The van der Waals surface area contributed by atoms with Crippen molar-refractivity contribution < 1.29 is 23.9 Å². The minimum Gasteiger partial charge on any atom is -0.462 e. The Labute approximate surface area is 314 Å². The highest BCUT2D eigenvalue weighted by Gasteiger charge is 2.34. The zero-order chi connectivity index (χ0) is 36.1. The van der Waals surface area contributed by atoms with Crippen molar-refractivity contribution in [3.8, 4) is 0 Å². The van der Waals surface area contributed by atoms with E-state index in [2.05, 4.69) is 47.4 Å². The van der Waals surface area contributed by atoms with E-state index in [0.29, 0.717) is 85.5 Å². The molecular formula is C37H43Br2N7O5. The summed E-state index contributed by atoms with van der Waals surface area (Å²) in [6, 6.07) is 17.7. The first kappa shape index (κ1) is 36.5. The summed E-state index contributed by atoms with van der Waals surface area (Å²) in [7, 11) is 0. The largest absolute Gasteiger partial charge is 0.462 e. The molecule has 3 aromatic carbocycles. The van der Waals surface area contributed by atoms with Gasteiger partial charge in [-0.05, 0) is 112 Å². The molecule has 0 aromatic heterocycles. The number of likely N-dealkylation sites (tertiary alicyclic amines) is 1. The molecule has 2 saturated heterocycles. The fraction of sp³-hybridized carbons (Fsp3) is 0.405. The quantitative estimate of drug-likeness (QED) is 0.202. The van der Waals surface area contributed by atoms with Gasteiger partial charge in [-0.3, -0.25) is 4.79 Å². The first-order valence-corrected chi connectivity index (χ1v) is 18.9. The fourth-order valence-electron chi connectivity index (χ4n) is 6.98. The average Bonchev–Trinajstić information content (AvgIpc) is 3.31. The molecule has 14 heteroatoms. The van der Waals surface area contributed by atoms with E-state index in [9.17, 15) is 19.2 Å². The molecule has 5 amide bonds. The number of rotatable bonds is 8. The number of fused-ring (bicyclic) bond motifs is 1. The Morgan fingerprint density at radius 2 is 1.59 bits per heavy atom. The number of benzene rings is 3. The second kappa shape index (κ2) is 16.4. The number of amides is 5. The van der Waals surface area contributed by atoms with Crippen molar-refractivity contribution in [1.29, 1.82) is 0 Å². The Kier molecular flexibility index (Phi) is 11.7. The Hall–Kier alpha value is -4.30. The van der Waals surface area contributed by atoms with Crippen LogP contribution in [0, 0.1) is 0 Å². The molecule has 0 bridgehead atoms. The van der Waals surface area contributed by atoms with Gasteiger partial charge in [-0.25, -0.2) is 14.4 Å². The summed E-state index contributed by atoms with van der Waals surface area (Å²) >= 11 is 7.02. The standard InChI is InChI=1S/C37H43Br2N7O5/c1-2-51-35(48)26-7-9-27(10-8-26)43-17-19-44(20-18-43)34(47)32(23-24-21-29(38)33(40)30(39)22-24)42-36(49)45-14-12-28(13-15-45)46-16-11-25-5-3-4-6-31(25)41-37(46)50/h3-10,21-22,28,32H,2,11-20,23,40H2,1H3,(H,41,50)(H,42,49)/t32-/m1/s1. The minimum atomic E-state index is -0.803. The van der Waals surface area contributed by atoms with E-state index >= 15 is 0 Å². The van der Waals surface area contributed by atoms with Crippen molar-refractivity contribution in [2.75, 3.05) is 68.4 Å². The normalized spacial score (nSPS) is 17.3. The molecular weight excluding hydrogens is 782 g/mol. The molecule has 3 aromatic rings. The molecule has 0 aliphatic carbocycles. The molecule has 2 fully saturated rings. The second-order valence-electron chi connectivity index (χ2n) is 13.0. The van der Waals surface area contributed by atoms with Gasteiger partial charge in [0.1, 0.15) is 6.04 Å². The van der Waals surface area contributed by atoms with E-state index in [1.165, 1.54) is 0 Å². The maximum Gasteiger partial charge on any atom is 0.338 e. The predicted octanol–water partition coefficient (Wildman–Crippen LogP) is 5.49. The summed E-state index contributed by atoms with van der Waals surface area (Å²) < 4.78 is 6.50. The summed E-state index contributed by atoms with van der Waals surface area (Å²) in [5.41, 5.74) is 11.0. The number of hydrogen-bond acceptors (Lipinski definition) is 7. The van der Waals surface area contributed by atoms with Crippen molar-refractivity contribution in [3.63, 3.8) is 0 Å². The smallest absolute Gasteiger partial charge is 0.338 e. The van der Waals surface area contributed by atoms with E-state index in [1.54, 1.807) is 28.9 Å². The van der Waals surface area contributed by atoms with Crippen LogP contribution >= 0.6 is 31.9 Å². The van der Waals surface area contributed by atoms with Gasteiger partial charge >= 0.3 is 18.0 Å². The lowest BCUT2D eigenvalue weighted by Crippen LogP contribution is -2.58. The number of halogens is 2. The lowest BCUT2D eigenvalue weighted by atomic mass is 10.0. The van der Waals surface area contributed by atoms with Gasteiger partial charge < -0.3 is 40.7 Å². The number of nitrogen functional groups attached to an aromatic ring is 1. The second-order valence-corrected chi connectivity index (χ2v) is 14.7. The minimum absolute atomic E-state index is 0.0166. The zero-order valence-corrected chi connectivity index (χ0v) is 31.7. The van der Waals surface area contributed by atoms with Crippen LogP contribution in [0.2, 0.25) is 0 Å². The van der Waals surface area contributed by atoms with Crippen LogP contribution in [0.5, 0.6) is 0 Å². The van der Waals surface area contributed by atoms with E-state index in [-0.39, 0.29) is 36.4 Å². The maximum atomic E-state index is 14.1. The third-order valence-corrected chi connectivity index (χ3v) is 11.2. The summed E-state index contributed by atoms with van der Waals surface area (Å²) in [6.45, 7) is 5.83. The number of carbonyl (C=O) groups excluding carboxylic acids is 4. The predicted molar refractivity (Wildman–Crippen MR) is 204 cm³/mol. The SMILES string of the molecule is CCOC(=O)c1ccc(N2CCN(C(=O)[C@@H](Cc3cc(Br)c(N)c(Br)c3)NC(=O)N3CCC(N4CCc5ccccc5NC4=O)CC3)CC2)cc1. The molecule has 12 nitrogen and oxygen atoms in total. The summed E-state index contributed by atoms with van der Waals surface area (Å²) in [5.74, 6) is -0.506. The van der Waals surface area contributed by atoms with Crippen molar-refractivity contribution in [3.05, 3.63) is 86.3 Å². The number of nitrogens with one attached hydrogen (secondary N) is 2. The first-order valence-electron chi connectivity index (χ1n) is 17.4. The number of piperazine rings is 1. The summed E-state index contributed by atoms with van der Waals surface area (Å²) in [5, 5.41) is 6.11. The maximum absolute atomic E-state index is 14.1. The van der Waals surface area contributed by atoms with Crippen molar-refractivity contribution >= 4 is 72.9 Å². The fourth-order valence-corrected chi connectivity index (χ4v) is 8.26. The van der Waals surface area contributed by atoms with Gasteiger partial charge in [-0.15, -0.1) is 0 Å². The van der Waals surface area contributed by atoms with E-state index in [1.807, 2.05) is 53.4 Å². The lowest BCUT2D eigenvalue weighted by molar-refractivity contribution is -0.133. The molecule has 3 aliphatic heterocycles. The van der Waals surface area contributed by atoms with Gasteiger partial charge in [-0.1, -0.05) is 18.2 Å². The molecule has 0 radical (unpaired) electrons. The zero-order valence-electron chi connectivity index (χ0n) is 28.6. The topological polar surface area (TPSA) is 141 Å². The van der Waals surface area contributed by atoms with Gasteiger partial charge in [0.15, 0.2) is 0 Å². The van der Waals surface area contributed by atoms with Crippen LogP contribution in [0.4, 0.5) is 26.7 Å². The molecule has 0 unspecified atom stereocenters. The number of urea groups is 2. The number of esters is 1. The Balaban J connectivity index is 1.09. The highest BCUT2D eigenvalue weighted by atomic mass is 79.9. The van der Waals surface area contributed by atoms with Crippen LogP contribution in [-0.4, -0.2) is 103 Å². The lowest BCUT2D eigenvalue weighted by Gasteiger charge is -2.39. The Morgan fingerprint density at radius 1 is 0.922 bits per heavy atom. The number of carbonyl (C=O) groups is 4. The molecule has 0 saturated carbocycles. The number of nitrogens with two attached hydrogens (primary N) is 1. The number of nitrogens with zero attached hydrogens (tertiary/aromatic N) is 4. The van der Waals surface area contributed by atoms with Gasteiger partial charge in [0, 0.05) is 78.6 Å². The highest BCUT2D eigenvalue weighted by molar-refractivity contribution is 9.11. The highest BCUT2D eigenvalue weighted by Crippen LogP contribution is 2.31. The van der Waals surface area contributed by atoms with Gasteiger partial charge in [-0.2, -0.15) is 0 Å². The summed E-state index contributed by atoms with van der Waals surface area (Å²) in [6.07, 6.45) is 2.35. The van der Waals surface area contributed by atoms with Crippen LogP contribution in [0.3, 0.4) is 0 Å². The molecule has 270 valence electrons. The average molecular weight is 826 g/mol. The monoisotopic (exact) mass is 823 g/mol. The van der Waals surface area contributed by atoms with Crippen LogP contribution in [0.1, 0.15) is 41.3 Å². The van der Waals surface area contributed by atoms with Crippen molar-refractivity contribution in [2.45, 2.75) is 44.7 Å². The number of anilines is 3. The van der Waals surface area contributed by atoms with Crippen LogP contribution in [-0.2, 0) is 22.4 Å². The third kappa shape index (κ3) is 8.61. The molecule has 1 atom stereocenters. The van der Waals surface area contributed by atoms with Gasteiger partial charge in [0.2, 0.25) is 5.91 Å². The van der Waals surface area contributed by atoms with Crippen LogP contribution in [0.15, 0.2) is 69.6 Å². The van der Waals surface area contributed by atoms with Crippen molar-refractivity contribution in [2.24, 2.45) is 0 Å². The summed E-state index contributed by atoms with van der Waals surface area (Å²) in [4.78, 5) is 60.7. The number of ether oxygens (including phenoxy) is 1. The molecule has 51 heavy (non-hydrogen) atoms. The van der Waals surface area contributed by atoms with E-state index in [4.69, 9.17) is 10.5 Å². The van der Waals surface area contributed by atoms with Gasteiger partial charge in [0.05, 0.1) is 17.9 Å². The van der Waals surface area contributed by atoms with Gasteiger partial charge in [0.25, 0.3) is 0 Å². The molecule has 4 N–H and O–H groups in total. The van der Waals surface area contributed by atoms with Crippen molar-refractivity contribution in [1.82, 2.24) is 20.0 Å². The van der Waals surface area contributed by atoms with E-state index in [0.717, 1.165) is 28.9 Å². The molecule has 0 spiro atoms. The van der Waals surface area contributed by atoms with Crippen LogP contribution < -0.4 is 21.3 Å². The third-order valence-electron chi connectivity index (χ3n) is 9.84. The number of hydrogen-bond donors (Lipinski definition) is 3. The number of para-hydroxylation sites is 1. The Morgan fingerprint density at radius 3 is 2.25 bits per heavy atom. The first-order chi connectivity index (χ1) is 24.6.